The van der Waals surface area contributed by atoms with Gasteiger partial charge in [-0.05, 0) is 65.9 Å². The van der Waals surface area contributed by atoms with Crippen LogP contribution in [0.4, 0.5) is 0 Å². The zero-order valence-corrected chi connectivity index (χ0v) is 65.9. The van der Waals surface area contributed by atoms with E-state index in [4.69, 9.17) is 58.7 Å². The fourth-order valence-corrected chi connectivity index (χ4v) is 17.9. The van der Waals surface area contributed by atoms with Crippen molar-refractivity contribution >= 4 is 141 Å². The Morgan fingerprint density at radius 1 is 0.821 bits per heavy atom. The monoisotopic (exact) mass is 1680 g/mol. The molecule has 0 radical (unpaired) electrons. The third-order valence-electron chi connectivity index (χ3n) is 17.9. The number of esters is 2. The van der Waals surface area contributed by atoms with Gasteiger partial charge in [0.25, 0.3) is 49.8 Å². The van der Waals surface area contributed by atoms with Crippen molar-refractivity contribution < 1.29 is 113 Å². The van der Waals surface area contributed by atoms with Crippen molar-refractivity contribution in [1.29, 1.82) is 0 Å². The lowest BCUT2D eigenvalue weighted by Gasteiger charge is -2.48. The minimum absolute atomic E-state index is 0.00770. The molecular weight excluding hydrogens is 1610 g/mol. The highest BCUT2D eigenvalue weighted by Crippen LogP contribution is 2.44. The average Bonchev–Trinajstić information content (AvgIpc) is 1.57. The van der Waals surface area contributed by atoms with Crippen LogP contribution in [0, 0.1) is 0 Å². The number of pyridine rings is 1. The third-order valence-corrected chi connectivity index (χ3v) is 23.9. The molecule has 1 fully saturated rings. The van der Waals surface area contributed by atoms with Gasteiger partial charge in [-0.1, -0.05) is 18.7 Å². The average molecular weight is 1680 g/mol. The lowest BCUT2D eigenvalue weighted by molar-refractivity contribution is -0.280. The van der Waals surface area contributed by atoms with Gasteiger partial charge in [-0.2, -0.15) is 21.6 Å². The number of cyclic esters (lactones) is 2. The number of likely N-dealkylation sites (N-methyl/N-ethyl adjacent to an activating group) is 1. The first-order valence-electron chi connectivity index (χ1n) is 33.8. The molecule has 8 aromatic rings. The van der Waals surface area contributed by atoms with Gasteiger partial charge in [0.1, 0.15) is 126 Å². The van der Waals surface area contributed by atoms with Crippen LogP contribution in [0.25, 0.3) is 49.3 Å². The topological polar surface area (TPSA) is 531 Å². The molecule has 0 saturated carbocycles. The van der Waals surface area contributed by atoms with Crippen LogP contribution in [0.1, 0.15) is 138 Å². The highest BCUT2D eigenvalue weighted by Gasteiger charge is 2.50. The Morgan fingerprint density at radius 2 is 1.46 bits per heavy atom. The highest BCUT2D eigenvalue weighted by molar-refractivity contribution is 7.86. The Morgan fingerprint density at radius 3 is 2.15 bits per heavy atom. The summed E-state index contributed by atoms with van der Waals surface area (Å²) in [6.07, 6.45) is -8.60. The molecule has 11 heterocycles. The second kappa shape index (κ2) is 33.5. The van der Waals surface area contributed by atoms with Gasteiger partial charge in [0.2, 0.25) is 5.91 Å². The van der Waals surface area contributed by atoms with Crippen molar-refractivity contribution in [3.63, 3.8) is 0 Å². The second-order valence-electron chi connectivity index (χ2n) is 26.2. The molecule has 596 valence electrons. The van der Waals surface area contributed by atoms with Crippen molar-refractivity contribution in [2.24, 2.45) is 5.73 Å². The minimum atomic E-state index is -4.56. The van der Waals surface area contributed by atoms with E-state index in [0.29, 0.717) is 0 Å². The largest absolute Gasteiger partial charge is 0.499 e. The van der Waals surface area contributed by atoms with Crippen molar-refractivity contribution in [1.82, 2.24) is 66.1 Å². The number of allylic oxidation sites excluding steroid dienone is 1. The molecule has 112 heavy (non-hydrogen) atoms. The summed E-state index contributed by atoms with van der Waals surface area (Å²) in [6.45, 7) is 6.46. The van der Waals surface area contributed by atoms with Crippen LogP contribution in [-0.4, -0.2) is 224 Å². The number of benzene rings is 1. The van der Waals surface area contributed by atoms with E-state index in [1.54, 1.807) is 45.0 Å². The van der Waals surface area contributed by atoms with Gasteiger partial charge in [0, 0.05) is 56.3 Å². The Bertz CT molecular complexity index is 5320. The van der Waals surface area contributed by atoms with Gasteiger partial charge in [-0.3, -0.25) is 37.9 Å². The summed E-state index contributed by atoms with van der Waals surface area (Å²) in [6, 6.07) is 0.425. The van der Waals surface area contributed by atoms with E-state index in [0.717, 1.165) is 61.4 Å². The lowest BCUT2D eigenvalue weighted by atomic mass is 9.85. The van der Waals surface area contributed by atoms with Gasteiger partial charge < -0.3 is 85.4 Å². The molecule has 7 aromatic heterocycles. The van der Waals surface area contributed by atoms with Crippen LogP contribution in [0.3, 0.4) is 0 Å². The highest BCUT2D eigenvalue weighted by atomic mass is 32.2. The van der Waals surface area contributed by atoms with Crippen LogP contribution in [0.15, 0.2) is 69.2 Å². The summed E-state index contributed by atoms with van der Waals surface area (Å²) in [5.41, 5.74) is 1.57. The summed E-state index contributed by atoms with van der Waals surface area (Å²) in [5.74, 6) is -9.95. The number of methoxy groups -OCH3 is 1. The minimum Gasteiger partial charge on any atom is -0.499 e. The smallest absolute Gasteiger partial charge is 0.358 e. The Balaban J connectivity index is 1.08. The first kappa shape index (κ1) is 81.8. The fraction of sp³-hybridized carbons (Fsp3) is 0.403. The standard InChI is InChI=1S/C67H72N14O24S7/c1-28(54(68)83)69-55(84)37-25-109-63(74-37)48-42(99-14-10-16-111(92,93)94)18-33-47(76-48)36-23-107-61(71-36)35-22-102-65(89)50-34-21-100-51(52(105-43-19-67(5,91)53(80(6)7)31(4)104-43)66(90)101-20-32-12-9-13-41(44(32)34)81(50)103-15-11-17-112(95,96)97)49(64-75-38(26-110-64)56(85)70-35)79-58(87)40-27-108-62(73-40)46(30(3)98-8)78-59(88)45(29(2)82)77-57(86)39-24-106-60(33)72-39/h9,12-13,18,23-27,29,31,35,43,45,49,51-53,82,91H,1,10-11,14-17,19-22H2,2-8H3,(H2,68,83)(H,69,84)(H,70,85)(H,77,86)(H,78,88)(H,79,87)(H,92,93,94)(H,95,96,97)/b46-30+/t29-,31+,35+,43+,45+,49+,51+,52+,53?,67+/m1/s1. The van der Waals surface area contributed by atoms with Gasteiger partial charge in [-0.15, -0.1) is 56.7 Å². The summed E-state index contributed by atoms with van der Waals surface area (Å²) in [7, 11) is -4.33. The first-order chi connectivity index (χ1) is 53.0. The number of aliphatic hydroxyl groups excluding tert-OH is 1. The number of nitrogens with one attached hydrogen (secondary N) is 5. The molecular formula is C67H72N14O24S7. The number of hydrogen-bond donors (Lipinski definition) is 10. The lowest BCUT2D eigenvalue weighted by Crippen LogP contribution is -2.62. The second-order valence-corrected chi connectivity index (χ2v) is 33.7. The van der Waals surface area contributed by atoms with E-state index >= 15 is 19.2 Å². The van der Waals surface area contributed by atoms with E-state index in [9.17, 15) is 55.3 Å². The number of rotatable bonds is 19. The zero-order valence-electron chi connectivity index (χ0n) is 60.1. The molecule has 12 rings (SSSR count). The number of aromatic nitrogens is 7. The van der Waals surface area contributed by atoms with E-state index in [1.807, 2.05) is 0 Å². The molecule has 45 heteroatoms. The quantitative estimate of drug-likeness (QED) is 0.0182. The van der Waals surface area contributed by atoms with Crippen molar-refractivity contribution in [2.75, 3.05) is 52.5 Å². The maximum absolute atomic E-state index is 15.7. The van der Waals surface area contributed by atoms with Crippen LogP contribution < -0.4 is 41.9 Å². The molecule has 4 aliphatic heterocycles. The number of carbonyl (C=O) groups is 8. The molecule has 1 aromatic carbocycles. The van der Waals surface area contributed by atoms with E-state index in [2.05, 4.69) is 48.1 Å². The number of amides is 6. The molecule has 6 amide bonds. The number of primary amides is 1. The van der Waals surface area contributed by atoms with Gasteiger partial charge in [-0.25, -0.2) is 39.5 Å². The molecule has 4 aliphatic rings. The summed E-state index contributed by atoms with van der Waals surface area (Å²) in [4.78, 5) is 153. The van der Waals surface area contributed by atoms with Crippen LogP contribution in [-0.2, 0) is 76.3 Å². The maximum atomic E-state index is 15.7. The van der Waals surface area contributed by atoms with E-state index < -0.39 is 184 Å². The number of fused-ring (bicyclic) bond motifs is 15. The van der Waals surface area contributed by atoms with E-state index in [1.165, 1.54) is 60.0 Å². The number of nitrogens with zero attached hydrogens (tertiary/aromatic N) is 8. The van der Waals surface area contributed by atoms with Crippen molar-refractivity contribution in [3.05, 3.63) is 124 Å². The van der Waals surface area contributed by atoms with Gasteiger partial charge >= 0.3 is 11.9 Å². The molecule has 1 unspecified atom stereocenters. The molecule has 12 bridgehead atoms. The van der Waals surface area contributed by atoms with Crippen molar-refractivity contribution in [3.8, 4) is 38.4 Å². The number of carbonyl (C=O) groups excluding carboxylic acids is 8. The number of aliphatic hydroxyl groups is 2. The molecule has 0 spiro atoms. The number of nitrogens with two attached hydrogens (primary N) is 1. The summed E-state index contributed by atoms with van der Waals surface area (Å²) < 4.78 is 113. The molecule has 0 aliphatic carbocycles. The van der Waals surface area contributed by atoms with Gasteiger partial charge in [0.05, 0.1) is 66.9 Å². The SMILES string of the molecule is C=C(NC(=O)c1csc(-c2nc3c(cc2OCCCS(=O)(=O)O)-c2nc(cs2)C(=O)N[C@@H]([C@@H](C)O)C(=O)N/C(=C(\C)OC)c2nc(cs2)C(=O)N[C@@H]2c4nc(cs4)C(=O)N[C@@H](COC(=O)c4c5c6c(cccc6n4OCCCS(=O)(=O)O)COC(=O)[C@@H](O[C@H]4C[C@](C)(O)C(N(C)C)[C@H](C)O4)[C@H]2OC5)c2nc-3cs2)n1)C(N)=O. The Labute approximate surface area is 656 Å². The molecule has 1 saturated heterocycles. The number of thiazole rings is 5. The summed E-state index contributed by atoms with van der Waals surface area (Å²) in [5, 5.41) is 43.2. The third kappa shape index (κ3) is 18.2. The Hall–Kier alpha value is -9.72. The van der Waals surface area contributed by atoms with Crippen LogP contribution >= 0.6 is 56.7 Å². The maximum Gasteiger partial charge on any atom is 0.358 e. The zero-order chi connectivity index (χ0) is 80.6. The predicted octanol–water partition coefficient (Wildman–Crippen LogP) is 3.31. The molecule has 38 nitrogen and oxygen atoms in total. The normalized spacial score (nSPS) is 22.8. The summed E-state index contributed by atoms with van der Waals surface area (Å²) >= 11 is 4.23. The molecule has 10 atom stereocenters. The first-order valence-corrected chi connectivity index (χ1v) is 41.4. The van der Waals surface area contributed by atoms with Crippen molar-refractivity contribution in [2.45, 2.75) is 121 Å². The van der Waals surface area contributed by atoms with E-state index in [-0.39, 0.29) is 129 Å². The number of ether oxygens (including phenoxy) is 7. The molecule has 11 N–H and O–H groups in total. The fourth-order valence-electron chi connectivity index (χ4n) is 12.8. The van der Waals surface area contributed by atoms with Crippen LogP contribution in [0.2, 0.25) is 0 Å². The van der Waals surface area contributed by atoms with Gasteiger partial charge in [0.15, 0.2) is 18.1 Å². The Kier molecular flexibility index (Phi) is 24.5. The predicted molar refractivity (Wildman–Crippen MR) is 400 cm³/mol. The number of hydrogen-bond acceptors (Lipinski definition) is 34. The van der Waals surface area contributed by atoms with Crippen LogP contribution in [0.5, 0.6) is 5.75 Å².